The van der Waals surface area contributed by atoms with Crippen molar-refractivity contribution in [3.8, 4) is 0 Å². The summed E-state index contributed by atoms with van der Waals surface area (Å²) in [6.07, 6.45) is 0. The summed E-state index contributed by atoms with van der Waals surface area (Å²) in [6, 6.07) is 0. The molecule has 0 aromatic carbocycles. The van der Waals surface area contributed by atoms with Gasteiger partial charge in [0.15, 0.2) is 0 Å². The SMILES string of the molecule is COC(=O)c1nc(Br)c(Br)[nH]1. The van der Waals surface area contributed by atoms with E-state index < -0.39 is 5.97 Å². The summed E-state index contributed by atoms with van der Waals surface area (Å²) in [7, 11) is 1.30. The molecule has 1 aromatic rings. The third-order valence-electron chi connectivity index (χ3n) is 0.998. The monoisotopic (exact) mass is 282 g/mol. The number of methoxy groups -OCH3 is 1. The van der Waals surface area contributed by atoms with Gasteiger partial charge in [-0.05, 0) is 31.9 Å². The summed E-state index contributed by atoms with van der Waals surface area (Å²) in [4.78, 5) is 17.3. The minimum atomic E-state index is -0.489. The average Bonchev–Trinajstić information content (AvgIpc) is 2.31. The summed E-state index contributed by atoms with van der Waals surface area (Å²) in [5.41, 5.74) is 0. The fourth-order valence-corrected chi connectivity index (χ4v) is 1.08. The molecule has 1 aromatic heterocycles. The number of esters is 1. The minimum absolute atomic E-state index is 0.172. The van der Waals surface area contributed by atoms with Crippen LogP contribution >= 0.6 is 31.9 Å². The van der Waals surface area contributed by atoms with Crippen LogP contribution in [0.5, 0.6) is 0 Å². The standard InChI is InChI=1S/C5H4Br2N2O2/c1-11-5(10)4-8-2(6)3(7)9-4/h1H3,(H,8,9). The second kappa shape index (κ2) is 3.36. The highest BCUT2D eigenvalue weighted by molar-refractivity contribution is 9.13. The molecule has 0 aliphatic rings. The second-order valence-corrected chi connectivity index (χ2v) is 3.23. The van der Waals surface area contributed by atoms with Gasteiger partial charge in [-0.15, -0.1) is 0 Å². The third-order valence-corrected chi connectivity index (χ3v) is 2.68. The lowest BCUT2D eigenvalue weighted by Gasteiger charge is -1.90. The Labute approximate surface area is 79.6 Å². The zero-order valence-corrected chi connectivity index (χ0v) is 8.69. The molecule has 0 aliphatic carbocycles. The molecular weight excluding hydrogens is 280 g/mol. The van der Waals surface area contributed by atoms with Gasteiger partial charge in [0, 0.05) is 0 Å². The molecule has 0 fully saturated rings. The molecule has 11 heavy (non-hydrogen) atoms. The van der Waals surface area contributed by atoms with E-state index in [4.69, 9.17) is 0 Å². The van der Waals surface area contributed by atoms with E-state index in [0.29, 0.717) is 9.21 Å². The number of aromatic nitrogens is 2. The second-order valence-electron chi connectivity index (χ2n) is 1.68. The first-order valence-electron chi connectivity index (χ1n) is 2.64. The van der Waals surface area contributed by atoms with E-state index >= 15 is 0 Å². The van der Waals surface area contributed by atoms with Crippen LogP contribution in [0.3, 0.4) is 0 Å². The summed E-state index contributed by atoms with van der Waals surface area (Å²) < 4.78 is 5.61. The van der Waals surface area contributed by atoms with Gasteiger partial charge in [-0.25, -0.2) is 9.78 Å². The number of halogens is 2. The Morgan fingerprint density at radius 2 is 2.27 bits per heavy atom. The topological polar surface area (TPSA) is 55.0 Å². The maximum absolute atomic E-state index is 10.8. The Hall–Kier alpha value is -0.360. The molecule has 0 spiro atoms. The van der Waals surface area contributed by atoms with E-state index in [-0.39, 0.29) is 5.82 Å². The fourth-order valence-electron chi connectivity index (χ4n) is 0.524. The number of rotatable bonds is 1. The molecule has 1 rings (SSSR count). The van der Waals surface area contributed by atoms with Gasteiger partial charge in [0.2, 0.25) is 5.82 Å². The number of hydrogen-bond acceptors (Lipinski definition) is 3. The maximum Gasteiger partial charge on any atom is 0.374 e. The van der Waals surface area contributed by atoms with Crippen LogP contribution in [0.25, 0.3) is 0 Å². The van der Waals surface area contributed by atoms with E-state index in [9.17, 15) is 4.79 Å². The van der Waals surface area contributed by atoms with Crippen LogP contribution in [0.15, 0.2) is 9.21 Å². The lowest BCUT2D eigenvalue weighted by molar-refractivity contribution is 0.0588. The van der Waals surface area contributed by atoms with Gasteiger partial charge in [0.05, 0.1) is 7.11 Å². The van der Waals surface area contributed by atoms with Gasteiger partial charge in [0.25, 0.3) is 0 Å². The Kier molecular flexibility index (Phi) is 2.67. The summed E-state index contributed by atoms with van der Waals surface area (Å²) in [6.45, 7) is 0. The number of nitrogens with zero attached hydrogens (tertiary/aromatic N) is 1. The van der Waals surface area contributed by atoms with Crippen molar-refractivity contribution >= 4 is 37.8 Å². The van der Waals surface area contributed by atoms with Crippen molar-refractivity contribution in [3.05, 3.63) is 15.0 Å². The fraction of sp³-hybridized carbons (Fsp3) is 0.200. The zero-order chi connectivity index (χ0) is 8.43. The molecular formula is C5H4Br2N2O2. The van der Waals surface area contributed by atoms with E-state index in [2.05, 4.69) is 46.6 Å². The van der Waals surface area contributed by atoms with Gasteiger partial charge < -0.3 is 9.72 Å². The highest BCUT2D eigenvalue weighted by atomic mass is 79.9. The van der Waals surface area contributed by atoms with Crippen molar-refractivity contribution in [2.24, 2.45) is 0 Å². The summed E-state index contributed by atoms with van der Waals surface area (Å²) in [5.74, 6) is -0.317. The first kappa shape index (κ1) is 8.73. The predicted octanol–water partition coefficient (Wildman–Crippen LogP) is 1.72. The van der Waals surface area contributed by atoms with Gasteiger partial charge >= 0.3 is 5.97 Å². The van der Waals surface area contributed by atoms with Gasteiger partial charge in [-0.1, -0.05) is 0 Å². The lowest BCUT2D eigenvalue weighted by atomic mass is 10.6. The van der Waals surface area contributed by atoms with Crippen LogP contribution in [0, 0.1) is 0 Å². The van der Waals surface area contributed by atoms with E-state index in [0.717, 1.165) is 0 Å². The molecule has 0 radical (unpaired) electrons. The van der Waals surface area contributed by atoms with E-state index in [1.807, 2.05) is 0 Å². The largest absolute Gasteiger partial charge is 0.463 e. The molecule has 1 N–H and O–H groups in total. The van der Waals surface area contributed by atoms with Crippen LogP contribution in [0.2, 0.25) is 0 Å². The Bertz CT molecular complexity index is 265. The molecule has 1 heterocycles. The van der Waals surface area contributed by atoms with Crippen molar-refractivity contribution in [1.82, 2.24) is 9.97 Å². The summed E-state index contributed by atoms with van der Waals surface area (Å²) >= 11 is 6.26. The van der Waals surface area contributed by atoms with Gasteiger partial charge in [0.1, 0.15) is 9.21 Å². The number of nitrogens with one attached hydrogen (secondary N) is 1. The van der Waals surface area contributed by atoms with Crippen molar-refractivity contribution in [2.75, 3.05) is 7.11 Å². The Balaban J connectivity index is 2.97. The molecule has 0 aliphatic heterocycles. The maximum atomic E-state index is 10.8. The average molecular weight is 284 g/mol. The molecule has 6 heteroatoms. The molecule has 0 saturated carbocycles. The molecule has 4 nitrogen and oxygen atoms in total. The smallest absolute Gasteiger partial charge is 0.374 e. The van der Waals surface area contributed by atoms with Crippen LogP contribution in [0.4, 0.5) is 0 Å². The number of H-pyrrole nitrogens is 1. The number of hydrogen-bond donors (Lipinski definition) is 1. The van der Waals surface area contributed by atoms with Gasteiger partial charge in [-0.3, -0.25) is 0 Å². The van der Waals surface area contributed by atoms with Crippen molar-refractivity contribution < 1.29 is 9.53 Å². The lowest BCUT2D eigenvalue weighted by Crippen LogP contribution is -2.02. The number of ether oxygens (including phenoxy) is 1. The molecule has 0 unspecified atom stereocenters. The molecule has 0 atom stereocenters. The first-order chi connectivity index (χ1) is 5.15. The van der Waals surface area contributed by atoms with Crippen molar-refractivity contribution in [1.29, 1.82) is 0 Å². The normalized spacial score (nSPS) is 9.73. The molecule has 0 saturated heterocycles. The minimum Gasteiger partial charge on any atom is -0.463 e. The number of carbonyl (C=O) groups is 1. The predicted molar refractivity (Wildman–Crippen MR) is 45.3 cm³/mol. The van der Waals surface area contributed by atoms with Crippen LogP contribution < -0.4 is 0 Å². The first-order valence-corrected chi connectivity index (χ1v) is 4.23. The quantitative estimate of drug-likeness (QED) is 0.799. The molecule has 0 bridgehead atoms. The van der Waals surface area contributed by atoms with E-state index in [1.54, 1.807) is 0 Å². The highest BCUT2D eigenvalue weighted by Gasteiger charge is 2.12. The number of aromatic amines is 1. The summed E-state index contributed by atoms with van der Waals surface area (Å²) in [5, 5.41) is 0. The molecule has 60 valence electrons. The van der Waals surface area contributed by atoms with Crippen LogP contribution in [-0.2, 0) is 4.74 Å². The van der Waals surface area contributed by atoms with Crippen molar-refractivity contribution in [3.63, 3.8) is 0 Å². The highest BCUT2D eigenvalue weighted by Crippen LogP contribution is 2.19. The number of carbonyl (C=O) groups excluding carboxylic acids is 1. The van der Waals surface area contributed by atoms with Crippen molar-refractivity contribution in [2.45, 2.75) is 0 Å². The van der Waals surface area contributed by atoms with Crippen LogP contribution in [-0.4, -0.2) is 23.0 Å². The zero-order valence-electron chi connectivity index (χ0n) is 5.52. The van der Waals surface area contributed by atoms with Crippen LogP contribution in [0.1, 0.15) is 10.6 Å². The van der Waals surface area contributed by atoms with E-state index in [1.165, 1.54) is 7.11 Å². The number of imidazole rings is 1. The molecule has 0 amide bonds. The van der Waals surface area contributed by atoms with Gasteiger partial charge in [-0.2, -0.15) is 0 Å². The Morgan fingerprint density at radius 3 is 2.64 bits per heavy atom. The Morgan fingerprint density at radius 1 is 1.64 bits per heavy atom. The third kappa shape index (κ3) is 1.81.